The third kappa shape index (κ3) is 5.18. The molecule has 200 valence electrons. The molecule has 0 bridgehead atoms. The van der Waals surface area contributed by atoms with Crippen molar-refractivity contribution in [3.63, 3.8) is 0 Å². The van der Waals surface area contributed by atoms with Gasteiger partial charge in [0, 0.05) is 74.0 Å². The fourth-order valence-electron chi connectivity index (χ4n) is 5.49. The zero-order valence-corrected chi connectivity index (χ0v) is 21.9. The number of pyridine rings is 2. The molecule has 0 radical (unpaired) electrons. The molecule has 1 unspecified atom stereocenters. The first-order valence-electron chi connectivity index (χ1n) is 13.0. The van der Waals surface area contributed by atoms with E-state index in [1.54, 1.807) is 22.6 Å². The number of rotatable bonds is 7. The molecular weight excluding hydrogens is 507 g/mol. The normalized spacial score (nSPS) is 19.8. The van der Waals surface area contributed by atoms with E-state index in [4.69, 9.17) is 4.74 Å². The maximum Gasteiger partial charge on any atom is 0.227 e. The van der Waals surface area contributed by atoms with Crippen LogP contribution in [0.3, 0.4) is 0 Å². The molecule has 2 saturated heterocycles. The predicted octanol–water partition coefficient (Wildman–Crippen LogP) is 3.45. The van der Waals surface area contributed by atoms with Gasteiger partial charge in [0.05, 0.1) is 18.3 Å². The number of hydrogen-bond acceptors (Lipinski definition) is 7. The summed E-state index contributed by atoms with van der Waals surface area (Å²) in [7, 11) is -3.43. The fourth-order valence-corrected chi connectivity index (χ4v) is 7.22. The quantitative estimate of drug-likeness (QED) is 0.385. The number of halogens is 1. The van der Waals surface area contributed by atoms with Crippen LogP contribution in [0.5, 0.6) is 5.75 Å². The summed E-state index contributed by atoms with van der Waals surface area (Å²) in [5, 5.41) is 2.11. The van der Waals surface area contributed by atoms with Crippen LogP contribution in [-0.2, 0) is 10.0 Å². The molecular formula is C27H31FN6O3S. The highest BCUT2D eigenvalue weighted by molar-refractivity contribution is 7.89. The van der Waals surface area contributed by atoms with Gasteiger partial charge in [0.1, 0.15) is 17.4 Å². The molecule has 5 heterocycles. The summed E-state index contributed by atoms with van der Waals surface area (Å²) in [5.74, 6) is 0.426. The lowest BCUT2D eigenvalue weighted by atomic mass is 10.0. The third-order valence-electron chi connectivity index (χ3n) is 7.50. The second kappa shape index (κ2) is 10.5. The van der Waals surface area contributed by atoms with Crippen LogP contribution in [0.4, 0.5) is 10.1 Å². The van der Waals surface area contributed by atoms with Gasteiger partial charge in [-0.2, -0.15) is 0 Å². The number of nitrogens with zero attached hydrogens (tertiary/aromatic N) is 5. The molecule has 0 amide bonds. The van der Waals surface area contributed by atoms with Crippen LogP contribution in [0.1, 0.15) is 12.8 Å². The number of nitrogens with one attached hydrogen (secondary N) is 1. The van der Waals surface area contributed by atoms with Gasteiger partial charge in [-0.15, -0.1) is 0 Å². The summed E-state index contributed by atoms with van der Waals surface area (Å²) < 4.78 is 47.2. The number of aromatic amines is 1. The molecule has 1 N–H and O–H groups in total. The van der Waals surface area contributed by atoms with Gasteiger partial charge in [0.25, 0.3) is 0 Å². The third-order valence-corrected chi connectivity index (χ3v) is 9.31. The smallest absolute Gasteiger partial charge is 0.227 e. The van der Waals surface area contributed by atoms with E-state index in [2.05, 4.69) is 25.9 Å². The Hall–Kier alpha value is -3.28. The van der Waals surface area contributed by atoms with Crippen molar-refractivity contribution in [2.45, 2.75) is 12.8 Å². The lowest BCUT2D eigenvalue weighted by molar-refractivity contribution is 0.177. The minimum atomic E-state index is -3.43. The highest BCUT2D eigenvalue weighted by Crippen LogP contribution is 2.32. The highest BCUT2D eigenvalue weighted by atomic mass is 32.2. The molecule has 0 spiro atoms. The second-order valence-corrected chi connectivity index (χ2v) is 12.0. The average molecular weight is 539 g/mol. The molecule has 0 aliphatic carbocycles. The Morgan fingerprint density at radius 2 is 1.84 bits per heavy atom. The Balaban J connectivity index is 1.07. The SMILES string of the molecule is O=S(=O)(CN1CCN(c2cc[nH]c3cnc4nccc4c23)CC1)N1CCCC(COc2ccc(F)cc2)C1. The maximum atomic E-state index is 13.3. The average Bonchev–Trinajstić information content (AvgIpc) is 3.42. The summed E-state index contributed by atoms with van der Waals surface area (Å²) in [6.45, 7) is 4.21. The summed E-state index contributed by atoms with van der Waals surface area (Å²) in [5.41, 5.74) is 2.80. The van der Waals surface area contributed by atoms with Crippen molar-refractivity contribution in [3.05, 3.63) is 60.8 Å². The zero-order chi connectivity index (χ0) is 26.1. The molecule has 1 atom stereocenters. The topological polar surface area (TPSA) is 94.7 Å². The number of anilines is 1. The number of fused-ring (bicyclic) bond motifs is 3. The van der Waals surface area contributed by atoms with E-state index in [-0.39, 0.29) is 17.6 Å². The zero-order valence-electron chi connectivity index (χ0n) is 21.1. The van der Waals surface area contributed by atoms with Gasteiger partial charge in [-0.1, -0.05) is 0 Å². The van der Waals surface area contributed by atoms with Gasteiger partial charge >= 0.3 is 0 Å². The van der Waals surface area contributed by atoms with Crippen molar-refractivity contribution in [1.82, 2.24) is 24.2 Å². The Labute approximate surface area is 221 Å². The van der Waals surface area contributed by atoms with Crippen molar-refractivity contribution >= 4 is 37.6 Å². The minimum absolute atomic E-state index is 0.0244. The minimum Gasteiger partial charge on any atom is -0.493 e. The lowest BCUT2D eigenvalue weighted by Crippen LogP contribution is -2.51. The predicted molar refractivity (Wildman–Crippen MR) is 145 cm³/mol. The molecule has 2 aliphatic rings. The van der Waals surface area contributed by atoms with Crippen molar-refractivity contribution in [2.75, 3.05) is 56.7 Å². The van der Waals surface area contributed by atoms with E-state index >= 15 is 0 Å². The summed E-state index contributed by atoms with van der Waals surface area (Å²) in [4.78, 5) is 16.4. The second-order valence-electron chi connectivity index (χ2n) is 10.1. The Morgan fingerprint density at radius 1 is 1.03 bits per heavy atom. The van der Waals surface area contributed by atoms with Crippen LogP contribution >= 0.6 is 0 Å². The first-order valence-corrected chi connectivity index (χ1v) is 14.6. The Kier molecular flexibility index (Phi) is 6.89. The van der Waals surface area contributed by atoms with Gasteiger partial charge in [0.2, 0.25) is 10.0 Å². The van der Waals surface area contributed by atoms with Gasteiger partial charge in [0.15, 0.2) is 5.65 Å². The van der Waals surface area contributed by atoms with E-state index in [9.17, 15) is 12.8 Å². The summed E-state index contributed by atoms with van der Waals surface area (Å²) >= 11 is 0. The fraction of sp³-hybridized carbons (Fsp3) is 0.407. The number of piperazine rings is 1. The van der Waals surface area contributed by atoms with Crippen LogP contribution in [0.15, 0.2) is 55.0 Å². The number of aromatic nitrogens is 3. The van der Waals surface area contributed by atoms with E-state index in [0.717, 1.165) is 53.6 Å². The number of ether oxygens (including phenoxy) is 1. The van der Waals surface area contributed by atoms with Crippen LogP contribution in [0.25, 0.3) is 21.9 Å². The van der Waals surface area contributed by atoms with Crippen molar-refractivity contribution in [2.24, 2.45) is 5.92 Å². The van der Waals surface area contributed by atoms with Gasteiger partial charge in [-0.3, -0.25) is 4.90 Å². The van der Waals surface area contributed by atoms with Crippen molar-refractivity contribution < 1.29 is 17.5 Å². The molecule has 2 fully saturated rings. The number of piperidine rings is 1. The molecule has 3 aromatic heterocycles. The Bertz CT molecular complexity index is 1520. The number of sulfonamides is 1. The number of hydrogen-bond donors (Lipinski definition) is 1. The number of benzene rings is 1. The molecule has 2 aliphatic heterocycles. The summed E-state index contributed by atoms with van der Waals surface area (Å²) in [6, 6.07) is 9.98. The van der Waals surface area contributed by atoms with Crippen LogP contribution in [-0.4, -0.2) is 84.3 Å². The molecule has 38 heavy (non-hydrogen) atoms. The van der Waals surface area contributed by atoms with Crippen LogP contribution in [0, 0.1) is 11.7 Å². The monoisotopic (exact) mass is 538 g/mol. The van der Waals surface area contributed by atoms with E-state index in [0.29, 0.717) is 38.5 Å². The van der Waals surface area contributed by atoms with E-state index in [1.165, 1.54) is 12.1 Å². The largest absolute Gasteiger partial charge is 0.493 e. The molecule has 11 heteroatoms. The van der Waals surface area contributed by atoms with Gasteiger partial charge < -0.3 is 14.6 Å². The highest BCUT2D eigenvalue weighted by Gasteiger charge is 2.32. The lowest BCUT2D eigenvalue weighted by Gasteiger charge is -2.38. The van der Waals surface area contributed by atoms with Gasteiger partial charge in [-0.25, -0.2) is 27.1 Å². The van der Waals surface area contributed by atoms with E-state index < -0.39 is 10.0 Å². The first kappa shape index (κ1) is 25.0. The molecule has 4 aromatic rings. The van der Waals surface area contributed by atoms with E-state index in [1.807, 2.05) is 23.4 Å². The first-order chi connectivity index (χ1) is 18.5. The van der Waals surface area contributed by atoms with Gasteiger partial charge in [-0.05, 0) is 49.2 Å². The van der Waals surface area contributed by atoms with Crippen molar-refractivity contribution in [1.29, 1.82) is 0 Å². The van der Waals surface area contributed by atoms with Crippen LogP contribution in [0.2, 0.25) is 0 Å². The standard InChI is InChI=1S/C27H31FN6O3S/c28-21-3-5-22(6-4-21)37-18-20-2-1-11-34(17-20)38(35,36)19-32-12-14-33(15-13-32)25-8-10-29-24-16-31-27-23(26(24)25)7-9-30-27/h3-10,16,20,29H,1-2,11-15,17-19H2. The number of H-pyrrole nitrogens is 1. The maximum absolute atomic E-state index is 13.3. The summed E-state index contributed by atoms with van der Waals surface area (Å²) in [6.07, 6.45) is 7.23. The molecule has 9 nitrogen and oxygen atoms in total. The van der Waals surface area contributed by atoms with Crippen molar-refractivity contribution in [3.8, 4) is 5.75 Å². The Morgan fingerprint density at radius 3 is 2.66 bits per heavy atom. The molecule has 6 rings (SSSR count). The molecule has 0 saturated carbocycles. The molecule has 1 aromatic carbocycles. The van der Waals surface area contributed by atoms with Crippen LogP contribution < -0.4 is 9.64 Å².